The molecule has 0 aromatic rings. The van der Waals surface area contributed by atoms with Crippen LogP contribution in [0.25, 0.3) is 0 Å². The highest BCUT2D eigenvalue weighted by atomic mass is 16.3. The van der Waals surface area contributed by atoms with E-state index in [1.54, 1.807) is 0 Å². The van der Waals surface area contributed by atoms with Crippen molar-refractivity contribution < 1.29 is 5.11 Å². The fourth-order valence-electron chi connectivity index (χ4n) is 1.98. The van der Waals surface area contributed by atoms with Crippen molar-refractivity contribution in [1.29, 1.82) is 0 Å². The van der Waals surface area contributed by atoms with Gasteiger partial charge in [0, 0.05) is 12.1 Å². The maximum absolute atomic E-state index is 9.62. The Morgan fingerprint density at radius 2 is 2.08 bits per heavy atom. The van der Waals surface area contributed by atoms with Gasteiger partial charge in [0.1, 0.15) is 0 Å². The van der Waals surface area contributed by atoms with Gasteiger partial charge in [-0.15, -0.1) is 0 Å². The fourth-order valence-corrected chi connectivity index (χ4v) is 1.98. The predicted octanol–water partition coefficient (Wildman–Crippen LogP) is 0.915. The fraction of sp³-hybridized carbons (Fsp3) is 0.600. The number of aliphatic hydroxyl groups excluding tert-OH is 1. The number of dihydropyridines is 1. The molecule has 3 heteroatoms. The first-order valence-corrected chi connectivity index (χ1v) is 4.92. The van der Waals surface area contributed by atoms with E-state index in [4.69, 9.17) is 0 Å². The van der Waals surface area contributed by atoms with Crippen LogP contribution in [0, 0.1) is 5.92 Å². The van der Waals surface area contributed by atoms with Gasteiger partial charge in [-0.2, -0.15) is 0 Å². The Kier molecular flexibility index (Phi) is 2.54. The molecule has 0 atom stereocenters. The molecule has 3 N–H and O–H groups in total. The van der Waals surface area contributed by atoms with Crippen LogP contribution in [0.5, 0.6) is 0 Å². The van der Waals surface area contributed by atoms with Crippen molar-refractivity contribution in [2.24, 2.45) is 5.92 Å². The summed E-state index contributed by atoms with van der Waals surface area (Å²) in [6, 6.07) is 0. The summed E-state index contributed by atoms with van der Waals surface area (Å²) < 4.78 is 0. The summed E-state index contributed by atoms with van der Waals surface area (Å²) in [6.45, 7) is 2.88. The standard InChI is InChI=1S/C10H16N2O/c13-10-9(2-1-5-12-10)8-3-6-11-7-4-8/h1-2,8,11-13H,3-7H2. The van der Waals surface area contributed by atoms with E-state index in [0.29, 0.717) is 11.8 Å². The van der Waals surface area contributed by atoms with E-state index in [1.165, 1.54) is 0 Å². The van der Waals surface area contributed by atoms with Crippen molar-refractivity contribution in [2.75, 3.05) is 19.6 Å². The lowest BCUT2D eigenvalue weighted by Crippen LogP contribution is -2.30. The summed E-state index contributed by atoms with van der Waals surface area (Å²) in [7, 11) is 0. The average molecular weight is 180 g/mol. The molecule has 2 rings (SSSR count). The van der Waals surface area contributed by atoms with Gasteiger partial charge in [-0.05, 0) is 31.8 Å². The van der Waals surface area contributed by atoms with Crippen molar-refractivity contribution in [1.82, 2.24) is 10.6 Å². The number of allylic oxidation sites excluding steroid dienone is 2. The molecule has 0 bridgehead atoms. The number of hydrogen-bond acceptors (Lipinski definition) is 3. The van der Waals surface area contributed by atoms with Gasteiger partial charge < -0.3 is 15.7 Å². The van der Waals surface area contributed by atoms with Crippen molar-refractivity contribution >= 4 is 0 Å². The lowest BCUT2D eigenvalue weighted by molar-refractivity contribution is 0.337. The van der Waals surface area contributed by atoms with Crippen LogP contribution in [-0.2, 0) is 0 Å². The zero-order valence-corrected chi connectivity index (χ0v) is 7.71. The molecule has 0 spiro atoms. The SMILES string of the molecule is OC1=C(C2CCNCC2)C=CCN1. The molecule has 72 valence electrons. The molecule has 0 saturated carbocycles. The first kappa shape index (κ1) is 8.63. The Labute approximate surface area is 78.5 Å². The zero-order valence-electron chi connectivity index (χ0n) is 7.71. The molecule has 3 nitrogen and oxygen atoms in total. The highest BCUT2D eigenvalue weighted by molar-refractivity contribution is 5.28. The van der Waals surface area contributed by atoms with Crippen LogP contribution in [0.1, 0.15) is 12.8 Å². The van der Waals surface area contributed by atoms with Gasteiger partial charge >= 0.3 is 0 Å². The quantitative estimate of drug-likeness (QED) is 0.562. The topological polar surface area (TPSA) is 44.3 Å². The summed E-state index contributed by atoms with van der Waals surface area (Å²) in [4.78, 5) is 0. The van der Waals surface area contributed by atoms with Crippen LogP contribution >= 0.6 is 0 Å². The minimum Gasteiger partial charge on any atom is -0.495 e. The molecule has 1 fully saturated rings. The van der Waals surface area contributed by atoms with E-state index in [2.05, 4.69) is 22.8 Å². The number of nitrogens with one attached hydrogen (secondary N) is 2. The van der Waals surface area contributed by atoms with Gasteiger partial charge in [0.25, 0.3) is 0 Å². The zero-order chi connectivity index (χ0) is 9.10. The molecular formula is C10H16N2O. The largest absolute Gasteiger partial charge is 0.495 e. The second kappa shape index (κ2) is 3.83. The Morgan fingerprint density at radius 1 is 1.31 bits per heavy atom. The van der Waals surface area contributed by atoms with Crippen LogP contribution in [0.3, 0.4) is 0 Å². The Morgan fingerprint density at radius 3 is 2.77 bits per heavy atom. The lowest BCUT2D eigenvalue weighted by Gasteiger charge is -2.26. The molecule has 0 aliphatic carbocycles. The van der Waals surface area contributed by atoms with Crippen molar-refractivity contribution in [3.8, 4) is 0 Å². The molecule has 0 amide bonds. The first-order chi connectivity index (χ1) is 6.38. The highest BCUT2D eigenvalue weighted by Gasteiger charge is 2.20. The monoisotopic (exact) mass is 180 g/mol. The summed E-state index contributed by atoms with van der Waals surface area (Å²) in [6.07, 6.45) is 6.38. The third-order valence-corrected chi connectivity index (χ3v) is 2.74. The summed E-state index contributed by atoms with van der Waals surface area (Å²) in [5, 5.41) is 15.9. The van der Waals surface area contributed by atoms with Crippen molar-refractivity contribution in [2.45, 2.75) is 12.8 Å². The number of rotatable bonds is 1. The third-order valence-electron chi connectivity index (χ3n) is 2.74. The van der Waals surface area contributed by atoms with Crippen LogP contribution in [0.2, 0.25) is 0 Å². The third kappa shape index (κ3) is 1.86. The van der Waals surface area contributed by atoms with Gasteiger partial charge in [0.15, 0.2) is 5.88 Å². The van der Waals surface area contributed by atoms with Gasteiger partial charge in [-0.1, -0.05) is 12.2 Å². The van der Waals surface area contributed by atoms with Crippen LogP contribution in [-0.4, -0.2) is 24.7 Å². The maximum Gasteiger partial charge on any atom is 0.187 e. The second-order valence-corrected chi connectivity index (χ2v) is 3.61. The summed E-state index contributed by atoms with van der Waals surface area (Å²) >= 11 is 0. The molecular weight excluding hydrogens is 164 g/mol. The first-order valence-electron chi connectivity index (χ1n) is 4.92. The normalized spacial score (nSPS) is 24.6. The van der Waals surface area contributed by atoms with Gasteiger partial charge in [-0.3, -0.25) is 0 Å². The number of hydrogen-bond donors (Lipinski definition) is 3. The van der Waals surface area contributed by atoms with Crippen LogP contribution in [0.4, 0.5) is 0 Å². The number of piperidine rings is 1. The molecule has 2 aliphatic heterocycles. The van der Waals surface area contributed by atoms with E-state index in [1.807, 2.05) is 0 Å². The Balaban J connectivity index is 2.09. The average Bonchev–Trinajstić information content (AvgIpc) is 2.20. The van der Waals surface area contributed by atoms with Gasteiger partial charge in [-0.25, -0.2) is 0 Å². The molecule has 0 radical (unpaired) electrons. The van der Waals surface area contributed by atoms with E-state index >= 15 is 0 Å². The molecule has 0 aromatic heterocycles. The second-order valence-electron chi connectivity index (χ2n) is 3.61. The molecule has 1 saturated heterocycles. The van der Waals surface area contributed by atoms with Crippen LogP contribution < -0.4 is 10.6 Å². The van der Waals surface area contributed by atoms with Gasteiger partial charge in [0.2, 0.25) is 0 Å². The smallest absolute Gasteiger partial charge is 0.187 e. The van der Waals surface area contributed by atoms with E-state index in [9.17, 15) is 5.11 Å². The highest BCUT2D eigenvalue weighted by Crippen LogP contribution is 2.24. The Bertz CT molecular complexity index is 239. The summed E-state index contributed by atoms with van der Waals surface area (Å²) in [5.74, 6) is 0.916. The van der Waals surface area contributed by atoms with Crippen molar-refractivity contribution in [3.05, 3.63) is 23.6 Å². The number of aliphatic hydroxyl groups is 1. The minimum atomic E-state index is 0.384. The van der Waals surface area contributed by atoms with E-state index in [-0.39, 0.29) is 0 Å². The summed E-state index contributed by atoms with van der Waals surface area (Å²) in [5.41, 5.74) is 1.09. The molecule has 0 aromatic carbocycles. The predicted molar refractivity (Wildman–Crippen MR) is 52.4 cm³/mol. The van der Waals surface area contributed by atoms with Crippen LogP contribution in [0.15, 0.2) is 23.6 Å². The molecule has 13 heavy (non-hydrogen) atoms. The van der Waals surface area contributed by atoms with E-state index < -0.39 is 0 Å². The minimum absolute atomic E-state index is 0.384. The van der Waals surface area contributed by atoms with E-state index in [0.717, 1.165) is 38.0 Å². The molecule has 2 aliphatic rings. The lowest BCUT2D eigenvalue weighted by atomic mass is 9.89. The van der Waals surface area contributed by atoms with Crippen molar-refractivity contribution in [3.63, 3.8) is 0 Å². The Hall–Kier alpha value is -0.960. The van der Waals surface area contributed by atoms with Gasteiger partial charge in [0.05, 0.1) is 0 Å². The maximum atomic E-state index is 9.62. The molecule has 0 unspecified atom stereocenters. The molecule has 2 heterocycles.